The minimum absolute atomic E-state index is 0.267. The van der Waals surface area contributed by atoms with Gasteiger partial charge in [-0.3, -0.25) is 0 Å². The van der Waals surface area contributed by atoms with Crippen LogP contribution >= 0.6 is 0 Å². The number of rotatable bonds is 4. The van der Waals surface area contributed by atoms with Gasteiger partial charge in [-0.25, -0.2) is 4.79 Å². The summed E-state index contributed by atoms with van der Waals surface area (Å²) in [4.78, 5) is 11.1. The molecule has 92 valence electrons. The number of ether oxygens (including phenoxy) is 1. The van der Waals surface area contributed by atoms with E-state index in [1.165, 1.54) is 6.07 Å². The molecular formula is C11H13NO5. The SMILES string of the molecule is COC(=O)C(O)C(O)c1ccccc1C=NO. The van der Waals surface area contributed by atoms with Crippen LogP contribution in [0, 0.1) is 0 Å². The van der Waals surface area contributed by atoms with Crippen molar-refractivity contribution in [3.05, 3.63) is 35.4 Å². The van der Waals surface area contributed by atoms with Gasteiger partial charge in [0.2, 0.25) is 0 Å². The van der Waals surface area contributed by atoms with Gasteiger partial charge in [0, 0.05) is 5.56 Å². The second kappa shape index (κ2) is 5.97. The molecule has 1 aromatic carbocycles. The van der Waals surface area contributed by atoms with Crippen LogP contribution < -0.4 is 0 Å². The second-order valence-corrected chi connectivity index (χ2v) is 3.29. The zero-order valence-corrected chi connectivity index (χ0v) is 9.15. The summed E-state index contributed by atoms with van der Waals surface area (Å²) in [5.41, 5.74) is 0.661. The maximum atomic E-state index is 11.1. The third kappa shape index (κ3) is 3.02. The normalized spacial score (nSPS) is 14.5. The zero-order valence-electron chi connectivity index (χ0n) is 9.15. The highest BCUT2D eigenvalue weighted by atomic mass is 16.5. The summed E-state index contributed by atoms with van der Waals surface area (Å²) < 4.78 is 4.32. The monoisotopic (exact) mass is 239 g/mol. The van der Waals surface area contributed by atoms with Crippen molar-refractivity contribution in [1.29, 1.82) is 0 Å². The minimum atomic E-state index is -1.69. The first-order valence-electron chi connectivity index (χ1n) is 4.82. The molecule has 0 aliphatic rings. The average molecular weight is 239 g/mol. The largest absolute Gasteiger partial charge is 0.467 e. The molecule has 2 unspecified atom stereocenters. The van der Waals surface area contributed by atoms with Gasteiger partial charge in [0.25, 0.3) is 0 Å². The smallest absolute Gasteiger partial charge is 0.337 e. The molecule has 0 fully saturated rings. The standard InChI is InChI=1S/C11H13NO5/c1-17-11(15)10(14)9(13)8-5-3-2-4-7(8)6-12-16/h2-6,9-10,13-14,16H,1H3. The van der Waals surface area contributed by atoms with Crippen LogP contribution in [-0.2, 0) is 9.53 Å². The highest BCUT2D eigenvalue weighted by Crippen LogP contribution is 2.20. The molecule has 0 saturated heterocycles. The molecule has 0 saturated carbocycles. The predicted molar refractivity (Wildman–Crippen MR) is 58.8 cm³/mol. The first-order valence-corrected chi connectivity index (χ1v) is 4.82. The van der Waals surface area contributed by atoms with Gasteiger partial charge < -0.3 is 20.2 Å². The van der Waals surface area contributed by atoms with E-state index < -0.39 is 18.2 Å². The van der Waals surface area contributed by atoms with E-state index in [0.29, 0.717) is 5.56 Å². The van der Waals surface area contributed by atoms with Crippen LogP contribution in [0.1, 0.15) is 17.2 Å². The number of aliphatic hydroxyl groups excluding tert-OH is 2. The first kappa shape index (κ1) is 13.1. The number of benzene rings is 1. The number of methoxy groups -OCH3 is 1. The highest BCUT2D eigenvalue weighted by molar-refractivity contribution is 5.82. The fraction of sp³-hybridized carbons (Fsp3) is 0.273. The van der Waals surface area contributed by atoms with E-state index >= 15 is 0 Å². The summed E-state index contributed by atoms with van der Waals surface area (Å²) in [6, 6.07) is 6.37. The average Bonchev–Trinajstić information content (AvgIpc) is 2.37. The van der Waals surface area contributed by atoms with Gasteiger partial charge in [-0.05, 0) is 5.56 Å². The molecule has 0 heterocycles. The Hall–Kier alpha value is -1.92. The molecule has 3 N–H and O–H groups in total. The fourth-order valence-electron chi connectivity index (χ4n) is 1.38. The van der Waals surface area contributed by atoms with Crippen LogP contribution in [0.15, 0.2) is 29.4 Å². The summed E-state index contributed by atoms with van der Waals surface area (Å²) in [6.45, 7) is 0. The second-order valence-electron chi connectivity index (χ2n) is 3.29. The molecule has 6 nitrogen and oxygen atoms in total. The van der Waals surface area contributed by atoms with E-state index in [4.69, 9.17) is 5.21 Å². The van der Waals surface area contributed by atoms with E-state index in [-0.39, 0.29) is 5.56 Å². The summed E-state index contributed by atoms with van der Waals surface area (Å²) >= 11 is 0. The fourth-order valence-corrected chi connectivity index (χ4v) is 1.38. The van der Waals surface area contributed by atoms with Crippen molar-refractivity contribution < 1.29 is 25.0 Å². The topological polar surface area (TPSA) is 99.4 Å². The zero-order chi connectivity index (χ0) is 12.8. The number of carbonyl (C=O) groups is 1. The first-order chi connectivity index (χ1) is 8.11. The molecule has 6 heteroatoms. The Morgan fingerprint density at radius 1 is 1.41 bits per heavy atom. The lowest BCUT2D eigenvalue weighted by molar-refractivity contribution is -0.156. The summed E-state index contributed by atoms with van der Waals surface area (Å²) in [7, 11) is 1.11. The van der Waals surface area contributed by atoms with Crippen LogP contribution in [0.4, 0.5) is 0 Å². The van der Waals surface area contributed by atoms with Gasteiger partial charge in [-0.2, -0.15) is 0 Å². The molecule has 0 radical (unpaired) electrons. The number of carbonyl (C=O) groups excluding carboxylic acids is 1. The van der Waals surface area contributed by atoms with Crippen molar-refractivity contribution in [2.45, 2.75) is 12.2 Å². The Labute approximate surface area is 97.8 Å². The van der Waals surface area contributed by atoms with Gasteiger partial charge in [0.05, 0.1) is 13.3 Å². The number of esters is 1. The number of hydrogen-bond acceptors (Lipinski definition) is 6. The Morgan fingerprint density at radius 3 is 2.65 bits per heavy atom. The lowest BCUT2D eigenvalue weighted by Gasteiger charge is -2.17. The molecular weight excluding hydrogens is 226 g/mol. The van der Waals surface area contributed by atoms with Crippen molar-refractivity contribution in [3.8, 4) is 0 Å². The van der Waals surface area contributed by atoms with Gasteiger partial charge in [-0.15, -0.1) is 0 Å². The van der Waals surface area contributed by atoms with Gasteiger partial charge in [0.15, 0.2) is 6.10 Å². The van der Waals surface area contributed by atoms with Crippen molar-refractivity contribution in [2.24, 2.45) is 5.16 Å². The minimum Gasteiger partial charge on any atom is -0.467 e. The number of aliphatic hydroxyl groups is 2. The van der Waals surface area contributed by atoms with E-state index in [1.807, 2.05) is 0 Å². The molecule has 17 heavy (non-hydrogen) atoms. The maximum absolute atomic E-state index is 11.1. The molecule has 0 aromatic heterocycles. The maximum Gasteiger partial charge on any atom is 0.337 e. The van der Waals surface area contributed by atoms with Crippen LogP contribution in [0.3, 0.4) is 0 Å². The van der Waals surface area contributed by atoms with Crippen molar-refractivity contribution in [2.75, 3.05) is 7.11 Å². The summed E-state index contributed by atoms with van der Waals surface area (Å²) in [6.07, 6.45) is -2.03. The van der Waals surface area contributed by atoms with Gasteiger partial charge in [-0.1, -0.05) is 29.4 Å². The van der Waals surface area contributed by atoms with Crippen molar-refractivity contribution >= 4 is 12.2 Å². The Morgan fingerprint density at radius 2 is 2.06 bits per heavy atom. The Kier molecular flexibility index (Phi) is 4.62. The lowest BCUT2D eigenvalue weighted by atomic mass is 9.99. The molecule has 0 spiro atoms. The van der Waals surface area contributed by atoms with Gasteiger partial charge in [0.1, 0.15) is 6.10 Å². The quantitative estimate of drug-likeness (QED) is 0.298. The molecule has 0 aliphatic carbocycles. The Bertz CT molecular complexity index is 418. The highest BCUT2D eigenvalue weighted by Gasteiger charge is 2.27. The summed E-state index contributed by atoms with van der Waals surface area (Å²) in [5.74, 6) is -0.937. The lowest BCUT2D eigenvalue weighted by Crippen LogP contribution is -2.29. The number of nitrogens with zero attached hydrogens (tertiary/aromatic N) is 1. The van der Waals surface area contributed by atoms with Crippen LogP contribution in [0.5, 0.6) is 0 Å². The van der Waals surface area contributed by atoms with E-state index in [1.54, 1.807) is 18.2 Å². The molecule has 0 aliphatic heterocycles. The molecule has 0 amide bonds. The third-order valence-electron chi connectivity index (χ3n) is 2.25. The molecule has 2 atom stereocenters. The van der Waals surface area contributed by atoms with Crippen molar-refractivity contribution in [1.82, 2.24) is 0 Å². The van der Waals surface area contributed by atoms with Gasteiger partial charge >= 0.3 is 5.97 Å². The molecule has 1 aromatic rings. The van der Waals surface area contributed by atoms with Crippen LogP contribution in [0.25, 0.3) is 0 Å². The molecule has 0 bridgehead atoms. The molecule has 1 rings (SSSR count). The third-order valence-corrected chi connectivity index (χ3v) is 2.25. The van der Waals surface area contributed by atoms with Crippen molar-refractivity contribution in [3.63, 3.8) is 0 Å². The van der Waals surface area contributed by atoms with Crippen LogP contribution in [0.2, 0.25) is 0 Å². The predicted octanol–water partition coefficient (Wildman–Crippen LogP) is 0.0620. The van der Waals surface area contributed by atoms with E-state index in [9.17, 15) is 15.0 Å². The number of hydrogen-bond donors (Lipinski definition) is 3. The summed E-state index contributed by atoms with van der Waals surface area (Å²) in [5, 5.41) is 30.6. The Balaban J connectivity index is 3.03. The number of oxime groups is 1. The van der Waals surface area contributed by atoms with E-state index in [2.05, 4.69) is 9.89 Å². The van der Waals surface area contributed by atoms with E-state index in [0.717, 1.165) is 13.3 Å². The van der Waals surface area contributed by atoms with Crippen LogP contribution in [-0.4, -0.2) is 40.8 Å².